The third kappa shape index (κ3) is 4.85. The van der Waals surface area contributed by atoms with E-state index in [1.807, 2.05) is 0 Å². The van der Waals surface area contributed by atoms with Crippen LogP contribution < -0.4 is 15.8 Å². The summed E-state index contributed by atoms with van der Waals surface area (Å²) in [5.41, 5.74) is 5.99. The number of benzene rings is 1. The molecule has 0 spiro atoms. The molecule has 0 saturated heterocycles. The van der Waals surface area contributed by atoms with Gasteiger partial charge in [-0.1, -0.05) is 11.6 Å². The molecule has 0 atom stereocenters. The molecule has 1 aliphatic rings. The molecule has 2 rings (SSSR count). The normalized spacial score (nSPS) is 14.7. The van der Waals surface area contributed by atoms with E-state index in [0.29, 0.717) is 29.4 Å². The zero-order chi connectivity index (χ0) is 13.7. The van der Waals surface area contributed by atoms with Gasteiger partial charge in [0.1, 0.15) is 5.75 Å². The van der Waals surface area contributed by atoms with Gasteiger partial charge in [0.05, 0.1) is 11.1 Å². The second-order valence-corrected chi connectivity index (χ2v) is 5.16. The molecule has 1 saturated carbocycles. The topological polar surface area (TPSA) is 64.4 Å². The van der Waals surface area contributed by atoms with Crippen molar-refractivity contribution in [1.82, 2.24) is 0 Å². The molecule has 0 heterocycles. The Balaban J connectivity index is 0.00000200. The summed E-state index contributed by atoms with van der Waals surface area (Å²) in [6.07, 6.45) is 5.19. The minimum atomic E-state index is -0.108. The van der Waals surface area contributed by atoms with Crippen LogP contribution in [0.15, 0.2) is 18.2 Å². The fourth-order valence-electron chi connectivity index (χ4n) is 2.21. The molecular formula is C14H20Cl2N2O2. The second kappa shape index (κ2) is 8.35. The van der Waals surface area contributed by atoms with Gasteiger partial charge in [0.15, 0.2) is 0 Å². The van der Waals surface area contributed by atoms with E-state index in [-0.39, 0.29) is 24.4 Å². The lowest BCUT2D eigenvalue weighted by Gasteiger charge is -2.15. The van der Waals surface area contributed by atoms with Crippen LogP contribution in [0.3, 0.4) is 0 Å². The van der Waals surface area contributed by atoms with Gasteiger partial charge in [-0.05, 0) is 43.9 Å². The van der Waals surface area contributed by atoms with Gasteiger partial charge in [-0.3, -0.25) is 4.79 Å². The average molecular weight is 319 g/mol. The number of halogens is 2. The third-order valence-electron chi connectivity index (χ3n) is 3.18. The summed E-state index contributed by atoms with van der Waals surface area (Å²) in [6, 6.07) is 5.31. The zero-order valence-corrected chi connectivity index (χ0v) is 12.8. The van der Waals surface area contributed by atoms with Crippen LogP contribution in [-0.2, 0) is 4.79 Å². The Kier molecular flexibility index (Phi) is 7.13. The minimum Gasteiger partial charge on any atom is -0.489 e. The smallest absolute Gasteiger partial charge is 0.225 e. The van der Waals surface area contributed by atoms with Gasteiger partial charge in [0, 0.05) is 18.7 Å². The molecule has 112 valence electrons. The predicted molar refractivity (Wildman–Crippen MR) is 83.9 cm³/mol. The van der Waals surface area contributed by atoms with Gasteiger partial charge >= 0.3 is 0 Å². The van der Waals surface area contributed by atoms with Crippen LogP contribution in [0.4, 0.5) is 5.69 Å². The van der Waals surface area contributed by atoms with Crippen LogP contribution in [0.1, 0.15) is 32.1 Å². The van der Waals surface area contributed by atoms with Crippen molar-refractivity contribution in [2.45, 2.75) is 38.2 Å². The molecule has 0 bridgehead atoms. The summed E-state index contributed by atoms with van der Waals surface area (Å²) >= 11 is 6.17. The quantitative estimate of drug-likeness (QED) is 0.874. The highest BCUT2D eigenvalue weighted by atomic mass is 35.5. The zero-order valence-electron chi connectivity index (χ0n) is 11.2. The first kappa shape index (κ1) is 17.1. The van der Waals surface area contributed by atoms with Gasteiger partial charge in [-0.25, -0.2) is 0 Å². The summed E-state index contributed by atoms with van der Waals surface area (Å²) < 4.78 is 5.85. The fraction of sp³-hybridized carbons (Fsp3) is 0.500. The molecule has 6 heteroatoms. The molecule has 1 aromatic carbocycles. The van der Waals surface area contributed by atoms with Crippen LogP contribution in [0, 0.1) is 0 Å². The number of amides is 1. The summed E-state index contributed by atoms with van der Waals surface area (Å²) in [5, 5.41) is 3.27. The molecular weight excluding hydrogens is 299 g/mol. The SMILES string of the molecule is Cl.NCCC(=O)Nc1ccc(OC2CCCC2)c(Cl)c1. The Bertz CT molecular complexity index is 449. The van der Waals surface area contributed by atoms with Crippen molar-refractivity contribution in [2.75, 3.05) is 11.9 Å². The monoisotopic (exact) mass is 318 g/mol. The van der Waals surface area contributed by atoms with Gasteiger partial charge in [-0.15, -0.1) is 12.4 Å². The maximum Gasteiger partial charge on any atom is 0.225 e. The Labute approximate surface area is 130 Å². The molecule has 0 unspecified atom stereocenters. The molecule has 1 amide bonds. The largest absolute Gasteiger partial charge is 0.489 e. The molecule has 1 aromatic rings. The molecule has 0 radical (unpaired) electrons. The van der Waals surface area contributed by atoms with E-state index in [1.165, 1.54) is 12.8 Å². The number of hydrogen-bond acceptors (Lipinski definition) is 3. The molecule has 0 aliphatic heterocycles. The van der Waals surface area contributed by atoms with Crippen molar-refractivity contribution in [1.29, 1.82) is 0 Å². The van der Waals surface area contributed by atoms with Crippen LogP contribution in [0.5, 0.6) is 5.75 Å². The van der Waals surface area contributed by atoms with Crippen LogP contribution >= 0.6 is 24.0 Å². The lowest BCUT2D eigenvalue weighted by atomic mass is 10.2. The van der Waals surface area contributed by atoms with Crippen molar-refractivity contribution in [3.8, 4) is 5.75 Å². The van der Waals surface area contributed by atoms with Crippen molar-refractivity contribution in [2.24, 2.45) is 5.73 Å². The summed E-state index contributed by atoms with van der Waals surface area (Å²) in [6.45, 7) is 0.336. The number of anilines is 1. The number of carbonyl (C=O) groups is 1. The van der Waals surface area contributed by atoms with E-state index in [2.05, 4.69) is 5.32 Å². The number of nitrogens with two attached hydrogens (primary N) is 1. The highest BCUT2D eigenvalue weighted by Gasteiger charge is 2.17. The van der Waals surface area contributed by atoms with E-state index in [1.54, 1.807) is 18.2 Å². The van der Waals surface area contributed by atoms with Crippen LogP contribution in [0.25, 0.3) is 0 Å². The number of carbonyl (C=O) groups excluding carboxylic acids is 1. The van der Waals surface area contributed by atoms with Crippen LogP contribution in [-0.4, -0.2) is 18.6 Å². The van der Waals surface area contributed by atoms with Crippen molar-refractivity contribution in [3.63, 3.8) is 0 Å². The Morgan fingerprint density at radius 2 is 2.10 bits per heavy atom. The van der Waals surface area contributed by atoms with Crippen molar-refractivity contribution >= 4 is 35.6 Å². The Hall–Kier alpha value is -0.970. The lowest BCUT2D eigenvalue weighted by Crippen LogP contribution is -2.16. The Morgan fingerprint density at radius 1 is 1.40 bits per heavy atom. The maximum atomic E-state index is 11.4. The van der Waals surface area contributed by atoms with Gasteiger partial charge in [-0.2, -0.15) is 0 Å². The van der Waals surface area contributed by atoms with E-state index in [9.17, 15) is 4.79 Å². The molecule has 1 aliphatic carbocycles. The van der Waals surface area contributed by atoms with Gasteiger partial charge in [0.2, 0.25) is 5.91 Å². The minimum absolute atomic E-state index is 0. The number of rotatable bonds is 5. The summed E-state index contributed by atoms with van der Waals surface area (Å²) in [4.78, 5) is 11.4. The third-order valence-corrected chi connectivity index (χ3v) is 3.48. The van der Waals surface area contributed by atoms with Crippen molar-refractivity contribution < 1.29 is 9.53 Å². The molecule has 3 N–H and O–H groups in total. The lowest BCUT2D eigenvalue weighted by molar-refractivity contribution is -0.116. The van der Waals surface area contributed by atoms with Gasteiger partial charge < -0.3 is 15.8 Å². The highest BCUT2D eigenvalue weighted by molar-refractivity contribution is 6.32. The molecule has 20 heavy (non-hydrogen) atoms. The number of hydrogen-bond donors (Lipinski definition) is 2. The van der Waals surface area contributed by atoms with E-state index < -0.39 is 0 Å². The van der Waals surface area contributed by atoms with Crippen LogP contribution in [0.2, 0.25) is 5.02 Å². The average Bonchev–Trinajstić information content (AvgIpc) is 2.86. The standard InChI is InChI=1S/C14H19ClN2O2.ClH/c15-12-9-10(17-14(18)7-8-16)5-6-13(12)19-11-3-1-2-4-11;/h5-6,9,11H,1-4,7-8,16H2,(H,17,18);1H. The predicted octanol–water partition coefficient (Wildman–Crippen LogP) is 3.37. The number of ether oxygens (including phenoxy) is 1. The fourth-order valence-corrected chi connectivity index (χ4v) is 2.44. The molecule has 4 nitrogen and oxygen atoms in total. The highest BCUT2D eigenvalue weighted by Crippen LogP contribution is 2.31. The molecule has 0 aromatic heterocycles. The Morgan fingerprint density at radius 3 is 2.70 bits per heavy atom. The van der Waals surface area contributed by atoms with E-state index in [4.69, 9.17) is 22.1 Å². The van der Waals surface area contributed by atoms with Gasteiger partial charge in [0.25, 0.3) is 0 Å². The summed E-state index contributed by atoms with van der Waals surface area (Å²) in [7, 11) is 0. The first-order chi connectivity index (χ1) is 9.19. The first-order valence-corrected chi connectivity index (χ1v) is 7.03. The number of nitrogens with one attached hydrogen (secondary N) is 1. The van der Waals surface area contributed by atoms with E-state index >= 15 is 0 Å². The maximum absolute atomic E-state index is 11.4. The summed E-state index contributed by atoms with van der Waals surface area (Å²) in [5.74, 6) is 0.577. The van der Waals surface area contributed by atoms with E-state index in [0.717, 1.165) is 12.8 Å². The first-order valence-electron chi connectivity index (χ1n) is 6.65. The van der Waals surface area contributed by atoms with Crippen molar-refractivity contribution in [3.05, 3.63) is 23.2 Å². The molecule has 1 fully saturated rings. The second-order valence-electron chi connectivity index (χ2n) is 4.76.